The highest BCUT2D eigenvalue weighted by Crippen LogP contribution is 2.18. The molecule has 0 aromatic rings. The Morgan fingerprint density at radius 2 is 2.08 bits per heavy atom. The van der Waals surface area contributed by atoms with Crippen molar-refractivity contribution in [2.24, 2.45) is 0 Å². The zero-order valence-electron chi connectivity index (χ0n) is 8.22. The van der Waals surface area contributed by atoms with E-state index < -0.39 is 0 Å². The summed E-state index contributed by atoms with van der Waals surface area (Å²) >= 11 is 0. The Bertz CT molecular complexity index is 183. The van der Waals surface area contributed by atoms with Crippen LogP contribution in [0, 0.1) is 0 Å². The highest BCUT2D eigenvalue weighted by Gasteiger charge is 2.14. The smallest absolute Gasteiger partial charge is 0.0859 e. The normalized spacial score (nSPS) is 25.4. The topological polar surface area (TPSA) is 21.3 Å². The van der Waals surface area contributed by atoms with Crippen LogP contribution in [0.25, 0.3) is 0 Å². The molecule has 0 atom stereocenters. The zero-order chi connectivity index (χ0) is 8.93. The second-order valence-corrected chi connectivity index (χ2v) is 4.05. The summed E-state index contributed by atoms with van der Waals surface area (Å²) < 4.78 is 5.39. The van der Waals surface area contributed by atoms with Gasteiger partial charge in [0.2, 0.25) is 0 Å². The average Bonchev–Trinajstić information content (AvgIpc) is 2.21. The number of hydrogen-bond donors (Lipinski definition) is 1. The van der Waals surface area contributed by atoms with Crippen molar-refractivity contribution < 1.29 is 4.74 Å². The molecule has 0 unspecified atom stereocenters. The molecule has 13 heavy (non-hydrogen) atoms. The molecule has 74 valence electrons. The fourth-order valence-electron chi connectivity index (χ4n) is 2.17. The summed E-state index contributed by atoms with van der Waals surface area (Å²) in [5, 5.41) is 3.59. The maximum atomic E-state index is 5.39. The predicted octanol–water partition coefficient (Wildman–Crippen LogP) is 2.21. The molecule has 1 heterocycles. The number of nitrogens with one attached hydrogen (secondary N) is 1. The number of ether oxygens (including phenoxy) is 1. The van der Waals surface area contributed by atoms with E-state index in [1.165, 1.54) is 37.8 Å². The molecule has 1 saturated carbocycles. The lowest BCUT2D eigenvalue weighted by molar-refractivity contribution is 0.142. The van der Waals surface area contributed by atoms with Gasteiger partial charge in [-0.15, -0.1) is 0 Å². The van der Waals surface area contributed by atoms with Crippen molar-refractivity contribution in [1.82, 2.24) is 5.32 Å². The summed E-state index contributed by atoms with van der Waals surface area (Å²) in [4.78, 5) is 0. The maximum Gasteiger partial charge on any atom is 0.0859 e. The van der Waals surface area contributed by atoms with Gasteiger partial charge < -0.3 is 10.1 Å². The largest absolute Gasteiger partial charge is 0.384 e. The molecule has 0 aromatic heterocycles. The molecular formula is C11H19NO. The first-order chi connectivity index (χ1) is 6.45. The molecule has 1 aliphatic carbocycles. The second kappa shape index (κ2) is 4.66. The molecule has 1 aliphatic heterocycles. The highest BCUT2D eigenvalue weighted by atomic mass is 16.5. The van der Waals surface area contributed by atoms with Gasteiger partial charge in [0.15, 0.2) is 0 Å². The summed E-state index contributed by atoms with van der Waals surface area (Å²) in [6.07, 6.45) is 10.3. The summed E-state index contributed by atoms with van der Waals surface area (Å²) in [6, 6.07) is 0.724. The minimum Gasteiger partial charge on any atom is -0.384 e. The Kier molecular flexibility index (Phi) is 3.25. The number of rotatable bonds is 2. The van der Waals surface area contributed by atoms with E-state index in [4.69, 9.17) is 4.74 Å². The monoisotopic (exact) mass is 181 g/mol. The Labute approximate surface area is 80.4 Å². The van der Waals surface area contributed by atoms with Crippen molar-refractivity contribution in [2.75, 3.05) is 13.2 Å². The van der Waals surface area contributed by atoms with Crippen LogP contribution in [0.4, 0.5) is 0 Å². The number of hydrogen-bond acceptors (Lipinski definition) is 2. The highest BCUT2D eigenvalue weighted by molar-refractivity contribution is 5.04. The average molecular weight is 181 g/mol. The minimum atomic E-state index is 0.724. The predicted molar refractivity (Wildman–Crippen MR) is 53.5 cm³/mol. The molecular weight excluding hydrogens is 162 g/mol. The minimum absolute atomic E-state index is 0.724. The van der Waals surface area contributed by atoms with Gasteiger partial charge in [0, 0.05) is 11.7 Å². The molecule has 2 aliphatic rings. The van der Waals surface area contributed by atoms with Gasteiger partial charge in [-0.1, -0.05) is 25.3 Å². The van der Waals surface area contributed by atoms with Crippen molar-refractivity contribution in [3.8, 4) is 0 Å². The van der Waals surface area contributed by atoms with Gasteiger partial charge in [-0.25, -0.2) is 0 Å². The van der Waals surface area contributed by atoms with Gasteiger partial charge in [-0.3, -0.25) is 0 Å². The van der Waals surface area contributed by atoms with Crippen molar-refractivity contribution in [2.45, 2.75) is 44.6 Å². The molecule has 0 aromatic carbocycles. The third-order valence-corrected chi connectivity index (χ3v) is 2.91. The van der Waals surface area contributed by atoms with E-state index in [0.717, 1.165) is 25.7 Å². The van der Waals surface area contributed by atoms with E-state index in [2.05, 4.69) is 11.4 Å². The lowest BCUT2D eigenvalue weighted by Gasteiger charge is -2.26. The van der Waals surface area contributed by atoms with Crippen LogP contribution in [0.2, 0.25) is 0 Å². The summed E-state index contributed by atoms with van der Waals surface area (Å²) in [7, 11) is 0. The van der Waals surface area contributed by atoms with E-state index in [-0.39, 0.29) is 0 Å². The maximum absolute atomic E-state index is 5.39. The summed E-state index contributed by atoms with van der Waals surface area (Å²) in [5.74, 6) is 0. The van der Waals surface area contributed by atoms with Crippen LogP contribution in [0.1, 0.15) is 38.5 Å². The lowest BCUT2D eigenvalue weighted by Crippen LogP contribution is -2.33. The van der Waals surface area contributed by atoms with E-state index in [0.29, 0.717) is 0 Å². The van der Waals surface area contributed by atoms with Crippen molar-refractivity contribution >= 4 is 0 Å². The molecule has 2 rings (SSSR count). The summed E-state index contributed by atoms with van der Waals surface area (Å²) in [5.41, 5.74) is 1.32. The summed E-state index contributed by atoms with van der Waals surface area (Å²) in [6.45, 7) is 1.70. The second-order valence-electron chi connectivity index (χ2n) is 4.05. The van der Waals surface area contributed by atoms with E-state index in [1.807, 2.05) is 0 Å². The molecule has 0 bridgehead atoms. The first kappa shape index (κ1) is 9.07. The SMILES string of the molecule is C1=C(NC2CCCCC2)COCC1. The first-order valence-electron chi connectivity index (χ1n) is 5.48. The van der Waals surface area contributed by atoms with Gasteiger partial charge in [-0.05, 0) is 19.3 Å². The molecule has 0 spiro atoms. The van der Waals surface area contributed by atoms with Gasteiger partial charge in [-0.2, -0.15) is 0 Å². The molecule has 0 radical (unpaired) electrons. The van der Waals surface area contributed by atoms with Crippen LogP contribution in [0.3, 0.4) is 0 Å². The molecule has 2 nitrogen and oxygen atoms in total. The molecule has 0 amide bonds. The molecule has 1 fully saturated rings. The van der Waals surface area contributed by atoms with Crippen LogP contribution in [-0.2, 0) is 4.74 Å². The van der Waals surface area contributed by atoms with Crippen LogP contribution >= 0.6 is 0 Å². The Hall–Kier alpha value is -0.500. The van der Waals surface area contributed by atoms with Crippen molar-refractivity contribution in [3.63, 3.8) is 0 Å². The Morgan fingerprint density at radius 1 is 1.23 bits per heavy atom. The fraction of sp³-hybridized carbons (Fsp3) is 0.818. The van der Waals surface area contributed by atoms with Crippen molar-refractivity contribution in [3.05, 3.63) is 11.8 Å². The standard InChI is InChI=1S/C11H19NO/c1-2-5-10(6-3-1)12-11-7-4-8-13-9-11/h7,10,12H,1-6,8-9H2. The lowest BCUT2D eigenvalue weighted by atomic mass is 9.95. The van der Waals surface area contributed by atoms with Crippen LogP contribution in [-0.4, -0.2) is 19.3 Å². The zero-order valence-corrected chi connectivity index (χ0v) is 8.22. The Balaban J connectivity index is 1.78. The third-order valence-electron chi connectivity index (χ3n) is 2.91. The van der Waals surface area contributed by atoms with Crippen LogP contribution < -0.4 is 5.32 Å². The third kappa shape index (κ3) is 2.73. The van der Waals surface area contributed by atoms with Crippen molar-refractivity contribution in [1.29, 1.82) is 0 Å². The molecule has 0 saturated heterocycles. The van der Waals surface area contributed by atoms with Gasteiger partial charge >= 0.3 is 0 Å². The van der Waals surface area contributed by atoms with Gasteiger partial charge in [0.05, 0.1) is 13.2 Å². The van der Waals surface area contributed by atoms with Crippen LogP contribution in [0.15, 0.2) is 11.8 Å². The van der Waals surface area contributed by atoms with E-state index in [9.17, 15) is 0 Å². The molecule has 2 heteroatoms. The Morgan fingerprint density at radius 3 is 2.77 bits per heavy atom. The van der Waals surface area contributed by atoms with Gasteiger partial charge in [0.1, 0.15) is 0 Å². The molecule has 1 N–H and O–H groups in total. The first-order valence-corrected chi connectivity index (χ1v) is 5.48. The van der Waals surface area contributed by atoms with Crippen LogP contribution in [0.5, 0.6) is 0 Å². The fourth-order valence-corrected chi connectivity index (χ4v) is 2.17. The van der Waals surface area contributed by atoms with E-state index >= 15 is 0 Å². The quantitative estimate of drug-likeness (QED) is 0.705. The van der Waals surface area contributed by atoms with E-state index in [1.54, 1.807) is 0 Å². The van der Waals surface area contributed by atoms with Gasteiger partial charge in [0.25, 0.3) is 0 Å².